The standard InChI is InChI=1S/C37H50FNO7S/c1-7-10-26-12-13-27(47-26)16-18-45-39-25-15-17-34(5)24(20-25)11-14-28-29-19-23(4)37(46-33(43)9-3,31(41)22-44-32(42)8-2)35(29,6)21-30(40)36(28,34)38/h12-13,15,17,20,23,28-30,40H,7-11,14,16,18-19,21-22H2,1-6H3/b39-25-/t23-,28-,29-,30-,34-,35-,36-,37-/m0/s1. The highest BCUT2D eigenvalue weighted by atomic mass is 32.1. The maximum Gasteiger partial charge on any atom is 0.306 e. The Labute approximate surface area is 281 Å². The molecule has 1 heterocycles. The molecule has 5 rings (SSSR count). The molecule has 47 heavy (non-hydrogen) atoms. The summed E-state index contributed by atoms with van der Waals surface area (Å²) < 4.78 is 29.3. The number of nitrogens with zero attached hydrogens (tertiary/aromatic N) is 1. The minimum atomic E-state index is -2.03. The second kappa shape index (κ2) is 13.6. The Balaban J connectivity index is 1.38. The number of ether oxygens (including phenoxy) is 2. The van der Waals surface area contributed by atoms with Gasteiger partial charge >= 0.3 is 11.9 Å². The molecule has 0 unspecified atom stereocenters. The van der Waals surface area contributed by atoms with E-state index in [-0.39, 0.29) is 25.2 Å². The zero-order valence-electron chi connectivity index (χ0n) is 28.6. The predicted octanol–water partition coefficient (Wildman–Crippen LogP) is 6.88. The maximum absolute atomic E-state index is 18.0. The summed E-state index contributed by atoms with van der Waals surface area (Å²) in [4.78, 5) is 47.2. The largest absolute Gasteiger partial charge is 0.457 e. The van der Waals surface area contributed by atoms with Gasteiger partial charge < -0.3 is 19.4 Å². The van der Waals surface area contributed by atoms with Gasteiger partial charge in [-0.2, -0.15) is 0 Å². The van der Waals surface area contributed by atoms with Crippen molar-refractivity contribution in [2.45, 2.75) is 117 Å². The molecule has 1 aromatic heterocycles. The van der Waals surface area contributed by atoms with Crippen molar-refractivity contribution in [1.29, 1.82) is 0 Å². The molecule has 258 valence electrons. The number of thiophene rings is 1. The van der Waals surface area contributed by atoms with E-state index in [1.165, 1.54) is 9.75 Å². The molecule has 0 radical (unpaired) electrons. The van der Waals surface area contributed by atoms with E-state index in [9.17, 15) is 19.5 Å². The number of esters is 2. The maximum atomic E-state index is 18.0. The van der Waals surface area contributed by atoms with Gasteiger partial charge in [-0.15, -0.1) is 11.3 Å². The number of ketones is 1. The van der Waals surface area contributed by atoms with E-state index in [0.29, 0.717) is 31.6 Å². The summed E-state index contributed by atoms with van der Waals surface area (Å²) in [6.45, 7) is 10.9. The van der Waals surface area contributed by atoms with Crippen LogP contribution in [0.1, 0.15) is 96.2 Å². The van der Waals surface area contributed by atoms with Gasteiger partial charge in [-0.1, -0.05) is 57.8 Å². The van der Waals surface area contributed by atoms with Gasteiger partial charge in [0.15, 0.2) is 17.9 Å². The first-order chi connectivity index (χ1) is 22.3. The van der Waals surface area contributed by atoms with E-state index in [4.69, 9.17) is 14.3 Å². The highest BCUT2D eigenvalue weighted by molar-refractivity contribution is 7.12. The number of hydrogen-bond acceptors (Lipinski definition) is 9. The van der Waals surface area contributed by atoms with Gasteiger partial charge in [0.2, 0.25) is 5.78 Å². The lowest BCUT2D eigenvalue weighted by molar-refractivity contribution is -0.228. The second-order valence-corrected chi connectivity index (χ2v) is 15.5. The van der Waals surface area contributed by atoms with E-state index in [1.54, 1.807) is 31.3 Å². The molecule has 4 aliphatic carbocycles. The monoisotopic (exact) mass is 671 g/mol. The molecule has 3 fully saturated rings. The van der Waals surface area contributed by atoms with Gasteiger partial charge in [-0.05, 0) is 69.2 Å². The minimum absolute atomic E-state index is 0.0504. The summed E-state index contributed by atoms with van der Waals surface area (Å²) in [6.07, 6.45) is 8.55. The third-order valence-corrected chi connectivity index (χ3v) is 12.9. The number of aliphatic hydroxyl groups is 1. The fourth-order valence-electron chi connectivity index (χ4n) is 9.28. The number of halogens is 1. The normalized spacial score (nSPS) is 36.6. The van der Waals surface area contributed by atoms with Gasteiger partial charge in [0.1, 0.15) is 12.3 Å². The van der Waals surface area contributed by atoms with Crippen molar-refractivity contribution in [3.05, 3.63) is 45.7 Å². The molecule has 0 saturated heterocycles. The van der Waals surface area contributed by atoms with Crippen LogP contribution in [0.25, 0.3) is 0 Å². The van der Waals surface area contributed by atoms with Gasteiger partial charge in [0.25, 0.3) is 0 Å². The van der Waals surface area contributed by atoms with Crippen LogP contribution >= 0.6 is 11.3 Å². The molecule has 0 aliphatic heterocycles. The molecular formula is C37H50FNO7S. The van der Waals surface area contributed by atoms with Crippen LogP contribution in [0.5, 0.6) is 0 Å². The van der Waals surface area contributed by atoms with Gasteiger partial charge in [0, 0.05) is 51.7 Å². The van der Waals surface area contributed by atoms with Crippen LogP contribution in [0.15, 0.2) is 41.1 Å². The molecule has 8 atom stereocenters. The number of aliphatic hydroxyl groups excluding tert-OH is 1. The van der Waals surface area contributed by atoms with Crippen molar-refractivity contribution in [2.24, 2.45) is 33.7 Å². The Morgan fingerprint density at radius 3 is 2.45 bits per heavy atom. The number of carbonyl (C=O) groups excluding carboxylic acids is 3. The van der Waals surface area contributed by atoms with E-state index >= 15 is 4.39 Å². The Morgan fingerprint density at radius 1 is 1.06 bits per heavy atom. The van der Waals surface area contributed by atoms with Crippen molar-refractivity contribution in [2.75, 3.05) is 13.2 Å². The summed E-state index contributed by atoms with van der Waals surface area (Å²) in [6, 6.07) is 4.31. The van der Waals surface area contributed by atoms with Gasteiger partial charge in [0.05, 0.1) is 6.10 Å². The number of fused-ring (bicyclic) bond motifs is 5. The van der Waals surface area contributed by atoms with Crippen molar-refractivity contribution in [3.63, 3.8) is 0 Å². The van der Waals surface area contributed by atoms with E-state index in [0.717, 1.165) is 24.8 Å². The highest BCUT2D eigenvalue weighted by Crippen LogP contribution is 2.71. The first kappa shape index (κ1) is 35.5. The Morgan fingerprint density at radius 2 is 1.77 bits per heavy atom. The number of rotatable bonds is 12. The Kier molecular flexibility index (Phi) is 10.2. The molecule has 0 spiro atoms. The quantitative estimate of drug-likeness (QED) is 0.147. The fourth-order valence-corrected chi connectivity index (χ4v) is 10.4. The number of allylic oxidation sites excluding steroid dienone is 4. The van der Waals surface area contributed by atoms with Crippen LogP contribution in [0.2, 0.25) is 0 Å². The van der Waals surface area contributed by atoms with E-state index in [2.05, 4.69) is 24.2 Å². The molecule has 0 aromatic carbocycles. The fraction of sp³-hybridized carbons (Fsp3) is 0.676. The number of alkyl halides is 1. The summed E-state index contributed by atoms with van der Waals surface area (Å²) in [5, 5.41) is 16.2. The van der Waals surface area contributed by atoms with E-state index < -0.39 is 64.4 Å². The van der Waals surface area contributed by atoms with Crippen LogP contribution in [-0.2, 0) is 41.5 Å². The van der Waals surface area contributed by atoms with Gasteiger partial charge in [-0.25, -0.2) is 4.39 Å². The van der Waals surface area contributed by atoms with Crippen LogP contribution < -0.4 is 0 Å². The third kappa shape index (κ3) is 5.81. The summed E-state index contributed by atoms with van der Waals surface area (Å²) in [5.74, 6) is -3.03. The minimum Gasteiger partial charge on any atom is -0.457 e. The number of oxime groups is 1. The van der Waals surface area contributed by atoms with Crippen LogP contribution in [-0.4, -0.2) is 59.1 Å². The molecule has 1 N–H and O–H groups in total. The summed E-state index contributed by atoms with van der Waals surface area (Å²) in [5.41, 5.74) is -4.39. The third-order valence-electron chi connectivity index (χ3n) is 11.6. The lowest BCUT2D eigenvalue weighted by atomic mass is 9.44. The smallest absolute Gasteiger partial charge is 0.306 e. The number of carbonyl (C=O) groups is 3. The average molecular weight is 672 g/mol. The first-order valence-corrected chi connectivity index (χ1v) is 18.1. The molecule has 0 amide bonds. The van der Waals surface area contributed by atoms with E-state index in [1.807, 2.05) is 32.9 Å². The predicted molar refractivity (Wildman–Crippen MR) is 179 cm³/mol. The molecular weight excluding hydrogens is 621 g/mol. The van der Waals surface area contributed by atoms with Gasteiger partial charge in [-0.3, -0.25) is 14.4 Å². The van der Waals surface area contributed by atoms with Crippen molar-refractivity contribution in [1.82, 2.24) is 0 Å². The summed E-state index contributed by atoms with van der Waals surface area (Å²) >= 11 is 1.80. The molecule has 8 nitrogen and oxygen atoms in total. The molecule has 10 heteroatoms. The zero-order valence-corrected chi connectivity index (χ0v) is 29.4. The SMILES string of the molecule is CCCc1ccc(CCO/N=C2/C=C[C@@]3(C)C(=C2)CC[C@H]2[C@@H]4C[C@H](C)[C@](OC(=O)CC)(C(=O)COC(=O)CC)[C@@]4(C)C[C@H](O)[C@@]23F)s1. The highest BCUT2D eigenvalue weighted by Gasteiger charge is 2.77. The Bertz CT molecular complexity index is 1470. The lowest BCUT2D eigenvalue weighted by Crippen LogP contribution is -2.70. The lowest BCUT2D eigenvalue weighted by Gasteiger charge is -2.62. The number of Topliss-reactive ketones (excluding diaryl/α,β-unsaturated/α-hetero) is 1. The van der Waals surface area contributed by atoms with Crippen LogP contribution in [0.4, 0.5) is 4.39 Å². The number of aryl methyl sites for hydroxylation is 1. The molecule has 1 aromatic rings. The van der Waals surface area contributed by atoms with Crippen molar-refractivity contribution >= 4 is 34.8 Å². The first-order valence-electron chi connectivity index (χ1n) is 17.3. The van der Waals surface area contributed by atoms with Crippen LogP contribution in [0.3, 0.4) is 0 Å². The molecule has 4 aliphatic rings. The van der Waals surface area contributed by atoms with Crippen LogP contribution in [0, 0.1) is 28.6 Å². The summed E-state index contributed by atoms with van der Waals surface area (Å²) in [7, 11) is 0. The van der Waals surface area contributed by atoms with Crippen molar-refractivity contribution in [3.8, 4) is 0 Å². The van der Waals surface area contributed by atoms with Crippen molar-refractivity contribution < 1.29 is 38.2 Å². The topological polar surface area (TPSA) is 111 Å². The average Bonchev–Trinajstić information content (AvgIpc) is 3.58. The Hall–Kier alpha value is -2.85. The molecule has 3 saturated carbocycles. The second-order valence-electron chi connectivity index (χ2n) is 14.2. The molecule has 0 bridgehead atoms. The number of hydrogen-bond donors (Lipinski definition) is 1. The zero-order chi connectivity index (χ0) is 34.2.